The van der Waals surface area contributed by atoms with Crippen LogP contribution in [0.25, 0.3) is 0 Å². The molecule has 6 nitrogen and oxygen atoms in total. The van der Waals surface area contributed by atoms with Crippen molar-refractivity contribution in [1.82, 2.24) is 14.9 Å². The van der Waals surface area contributed by atoms with Gasteiger partial charge in [-0.2, -0.15) is 0 Å². The fourth-order valence-electron chi connectivity index (χ4n) is 1.93. The maximum absolute atomic E-state index is 12.1. The number of hydrogen-bond acceptors (Lipinski definition) is 5. The van der Waals surface area contributed by atoms with E-state index in [0.29, 0.717) is 25.2 Å². The molecule has 1 saturated heterocycles. The summed E-state index contributed by atoms with van der Waals surface area (Å²) in [5, 5.41) is 12.0. The zero-order valence-corrected chi connectivity index (χ0v) is 9.58. The molecule has 1 unspecified atom stereocenters. The van der Waals surface area contributed by atoms with Crippen LogP contribution in [0.4, 0.5) is 0 Å². The minimum Gasteiger partial charge on any atom is -0.411 e. The molecule has 2 rings (SSSR count). The van der Waals surface area contributed by atoms with E-state index in [0.717, 1.165) is 5.71 Å². The zero-order valence-electron chi connectivity index (χ0n) is 9.58. The molecule has 0 aliphatic carbocycles. The van der Waals surface area contributed by atoms with E-state index in [1.165, 1.54) is 18.6 Å². The summed E-state index contributed by atoms with van der Waals surface area (Å²) < 4.78 is 0. The van der Waals surface area contributed by atoms with Gasteiger partial charge in [-0.05, 0) is 0 Å². The maximum Gasteiger partial charge on any atom is 0.274 e. The summed E-state index contributed by atoms with van der Waals surface area (Å²) >= 11 is 0. The van der Waals surface area contributed by atoms with E-state index in [1.54, 1.807) is 4.90 Å². The number of aromatic nitrogens is 2. The third kappa shape index (κ3) is 2.41. The molecule has 17 heavy (non-hydrogen) atoms. The van der Waals surface area contributed by atoms with Crippen molar-refractivity contribution in [2.45, 2.75) is 13.3 Å². The highest BCUT2D eigenvalue weighted by Gasteiger charge is 2.27. The summed E-state index contributed by atoms with van der Waals surface area (Å²) in [7, 11) is 0. The topological polar surface area (TPSA) is 78.7 Å². The maximum atomic E-state index is 12.1. The van der Waals surface area contributed by atoms with Crippen LogP contribution in [-0.2, 0) is 0 Å². The minimum atomic E-state index is -0.123. The Bertz CT molecular complexity index is 432. The van der Waals surface area contributed by atoms with Crippen LogP contribution < -0.4 is 0 Å². The summed E-state index contributed by atoms with van der Waals surface area (Å²) in [6, 6.07) is 0. The van der Waals surface area contributed by atoms with Crippen LogP contribution in [-0.4, -0.2) is 44.8 Å². The molecule has 0 spiro atoms. The lowest BCUT2D eigenvalue weighted by Gasteiger charge is -2.31. The van der Waals surface area contributed by atoms with Crippen molar-refractivity contribution in [3.05, 3.63) is 24.3 Å². The number of carbonyl (C=O) groups excluding carboxylic acids is 1. The van der Waals surface area contributed by atoms with Gasteiger partial charge in [-0.3, -0.25) is 9.78 Å². The average Bonchev–Trinajstić information content (AvgIpc) is 2.39. The number of oxime groups is 1. The highest BCUT2D eigenvalue weighted by Crippen LogP contribution is 2.15. The van der Waals surface area contributed by atoms with Crippen LogP contribution >= 0.6 is 0 Å². The predicted octanol–water partition coefficient (Wildman–Crippen LogP) is 0.789. The van der Waals surface area contributed by atoms with Crippen LogP contribution in [0.2, 0.25) is 0 Å². The summed E-state index contributed by atoms with van der Waals surface area (Å²) in [5.74, 6) is -0.0451. The number of nitrogens with zero attached hydrogens (tertiary/aromatic N) is 4. The first kappa shape index (κ1) is 11.5. The number of likely N-dealkylation sites (tertiary alicyclic amines) is 1. The van der Waals surface area contributed by atoms with Crippen molar-refractivity contribution in [3.63, 3.8) is 0 Å². The van der Waals surface area contributed by atoms with Gasteiger partial charge in [-0.1, -0.05) is 12.1 Å². The SMILES string of the molecule is CC1CN(C(=O)c2cnccn2)CC/C1=N\O. The van der Waals surface area contributed by atoms with Crippen LogP contribution in [0.5, 0.6) is 0 Å². The lowest BCUT2D eigenvalue weighted by Crippen LogP contribution is -2.43. The minimum absolute atomic E-state index is 0.0781. The summed E-state index contributed by atoms with van der Waals surface area (Å²) in [4.78, 5) is 21.6. The van der Waals surface area contributed by atoms with Gasteiger partial charge in [0.1, 0.15) is 5.69 Å². The Morgan fingerprint density at radius 1 is 1.59 bits per heavy atom. The highest BCUT2D eigenvalue weighted by molar-refractivity contribution is 5.94. The van der Waals surface area contributed by atoms with Gasteiger partial charge in [0.2, 0.25) is 0 Å². The van der Waals surface area contributed by atoms with Gasteiger partial charge in [-0.15, -0.1) is 0 Å². The first-order valence-corrected chi connectivity index (χ1v) is 5.48. The van der Waals surface area contributed by atoms with E-state index in [2.05, 4.69) is 15.1 Å². The summed E-state index contributed by atoms with van der Waals surface area (Å²) in [5.41, 5.74) is 1.09. The molecular weight excluding hydrogens is 220 g/mol. The van der Waals surface area contributed by atoms with Gasteiger partial charge >= 0.3 is 0 Å². The standard InChI is InChI=1S/C11H14N4O2/c1-8-7-15(5-2-9(8)14-17)11(16)10-6-12-3-4-13-10/h3-4,6,8,17H,2,5,7H2,1H3/b14-9+. The average molecular weight is 234 g/mol. The van der Waals surface area contributed by atoms with E-state index in [-0.39, 0.29) is 11.8 Å². The van der Waals surface area contributed by atoms with Crippen LogP contribution in [0, 0.1) is 5.92 Å². The van der Waals surface area contributed by atoms with Gasteiger partial charge in [0.05, 0.1) is 11.9 Å². The molecule has 1 aromatic rings. The molecule has 1 aliphatic rings. The predicted molar refractivity (Wildman–Crippen MR) is 60.9 cm³/mol. The van der Waals surface area contributed by atoms with E-state index < -0.39 is 0 Å². The number of carbonyl (C=O) groups is 1. The van der Waals surface area contributed by atoms with Gasteiger partial charge in [0.15, 0.2) is 0 Å². The Hall–Kier alpha value is -1.98. The van der Waals surface area contributed by atoms with Gasteiger partial charge in [0, 0.05) is 37.8 Å². The molecule has 1 fully saturated rings. The van der Waals surface area contributed by atoms with Crippen LogP contribution in [0.1, 0.15) is 23.8 Å². The molecule has 1 aromatic heterocycles. The first-order valence-electron chi connectivity index (χ1n) is 5.48. The van der Waals surface area contributed by atoms with Crippen LogP contribution in [0.3, 0.4) is 0 Å². The molecule has 2 heterocycles. The second-order valence-corrected chi connectivity index (χ2v) is 4.08. The Morgan fingerprint density at radius 2 is 2.41 bits per heavy atom. The molecule has 0 radical (unpaired) electrons. The largest absolute Gasteiger partial charge is 0.411 e. The third-order valence-corrected chi connectivity index (χ3v) is 2.90. The molecule has 0 bridgehead atoms. The van der Waals surface area contributed by atoms with Crippen molar-refractivity contribution < 1.29 is 10.0 Å². The van der Waals surface area contributed by atoms with Crippen LogP contribution in [0.15, 0.2) is 23.7 Å². The quantitative estimate of drug-likeness (QED) is 0.575. The number of rotatable bonds is 1. The second kappa shape index (κ2) is 4.90. The molecule has 0 aromatic carbocycles. The zero-order chi connectivity index (χ0) is 12.3. The van der Waals surface area contributed by atoms with Gasteiger partial charge < -0.3 is 10.1 Å². The normalized spacial score (nSPS) is 22.8. The fraction of sp³-hybridized carbons (Fsp3) is 0.455. The smallest absolute Gasteiger partial charge is 0.274 e. The lowest BCUT2D eigenvalue weighted by molar-refractivity contribution is 0.0727. The molecule has 1 amide bonds. The van der Waals surface area contributed by atoms with Gasteiger partial charge in [-0.25, -0.2) is 4.98 Å². The summed E-state index contributed by atoms with van der Waals surface area (Å²) in [6.07, 6.45) is 5.10. The Morgan fingerprint density at radius 3 is 3.00 bits per heavy atom. The van der Waals surface area contributed by atoms with E-state index in [1.807, 2.05) is 6.92 Å². The number of piperidine rings is 1. The molecule has 6 heteroatoms. The highest BCUT2D eigenvalue weighted by atomic mass is 16.4. The van der Waals surface area contributed by atoms with Crippen molar-refractivity contribution in [2.24, 2.45) is 11.1 Å². The third-order valence-electron chi connectivity index (χ3n) is 2.90. The molecular formula is C11H14N4O2. The molecule has 90 valence electrons. The number of amides is 1. The fourth-order valence-corrected chi connectivity index (χ4v) is 1.93. The molecule has 0 saturated carbocycles. The van der Waals surface area contributed by atoms with E-state index in [9.17, 15) is 4.79 Å². The van der Waals surface area contributed by atoms with Crippen molar-refractivity contribution in [2.75, 3.05) is 13.1 Å². The van der Waals surface area contributed by atoms with Crippen molar-refractivity contribution >= 4 is 11.6 Å². The Balaban J connectivity index is 2.08. The molecule has 1 N–H and O–H groups in total. The lowest BCUT2D eigenvalue weighted by atomic mass is 9.97. The summed E-state index contributed by atoms with van der Waals surface area (Å²) in [6.45, 7) is 3.04. The van der Waals surface area contributed by atoms with Crippen molar-refractivity contribution in [3.8, 4) is 0 Å². The second-order valence-electron chi connectivity index (χ2n) is 4.08. The van der Waals surface area contributed by atoms with Crippen molar-refractivity contribution in [1.29, 1.82) is 0 Å². The van der Waals surface area contributed by atoms with E-state index >= 15 is 0 Å². The first-order chi connectivity index (χ1) is 8.22. The Kier molecular flexibility index (Phi) is 3.32. The molecule has 1 atom stereocenters. The molecule has 1 aliphatic heterocycles. The monoisotopic (exact) mass is 234 g/mol. The number of hydrogen-bond donors (Lipinski definition) is 1. The Labute approximate surface area is 99.0 Å². The van der Waals surface area contributed by atoms with E-state index in [4.69, 9.17) is 5.21 Å². The van der Waals surface area contributed by atoms with Gasteiger partial charge in [0.25, 0.3) is 5.91 Å².